The summed E-state index contributed by atoms with van der Waals surface area (Å²) in [6.45, 7) is 6.30. The first kappa shape index (κ1) is 11.5. The van der Waals surface area contributed by atoms with Crippen molar-refractivity contribution in [2.45, 2.75) is 20.8 Å². The van der Waals surface area contributed by atoms with E-state index in [1.165, 1.54) is 16.7 Å². The number of anilines is 2. The van der Waals surface area contributed by atoms with E-state index in [9.17, 15) is 5.11 Å². The van der Waals surface area contributed by atoms with Crippen molar-refractivity contribution in [3.05, 3.63) is 53.1 Å². The summed E-state index contributed by atoms with van der Waals surface area (Å²) < 4.78 is 0. The number of phenolic OH excluding ortho intramolecular Hbond substituents is 1. The fraction of sp³-hybridized carbons (Fsp3) is 0.200. The molecule has 2 N–H and O–H groups in total. The van der Waals surface area contributed by atoms with E-state index in [0.717, 1.165) is 11.4 Å². The van der Waals surface area contributed by atoms with Crippen LogP contribution in [0.25, 0.3) is 0 Å². The van der Waals surface area contributed by atoms with Crippen molar-refractivity contribution in [3.63, 3.8) is 0 Å². The topological polar surface area (TPSA) is 32.3 Å². The lowest BCUT2D eigenvalue weighted by Gasteiger charge is -2.13. The second-order valence-electron chi connectivity index (χ2n) is 4.45. The van der Waals surface area contributed by atoms with Crippen molar-refractivity contribution in [1.29, 1.82) is 0 Å². The van der Waals surface area contributed by atoms with Gasteiger partial charge in [-0.05, 0) is 56.2 Å². The standard InChI is InChI=1S/C15H17NO/c1-10-8-11(2)15(12(3)9-10)16-13-4-6-14(17)7-5-13/h4-9,16-17H,1-3H3. The molecule has 0 aliphatic carbocycles. The third-order valence-electron chi connectivity index (χ3n) is 2.81. The summed E-state index contributed by atoms with van der Waals surface area (Å²) in [6.07, 6.45) is 0. The summed E-state index contributed by atoms with van der Waals surface area (Å²) in [5, 5.41) is 12.6. The Morgan fingerprint density at radius 1 is 0.882 bits per heavy atom. The Labute approximate surface area is 102 Å². The lowest BCUT2D eigenvalue weighted by atomic mass is 10.0. The smallest absolute Gasteiger partial charge is 0.115 e. The van der Waals surface area contributed by atoms with Crippen LogP contribution in [0, 0.1) is 20.8 Å². The molecule has 0 amide bonds. The molecule has 0 saturated heterocycles. The normalized spacial score (nSPS) is 10.3. The van der Waals surface area contributed by atoms with Crippen LogP contribution in [0.4, 0.5) is 11.4 Å². The van der Waals surface area contributed by atoms with Gasteiger partial charge in [0.05, 0.1) is 0 Å². The minimum absolute atomic E-state index is 0.285. The molecule has 88 valence electrons. The molecule has 2 nitrogen and oxygen atoms in total. The summed E-state index contributed by atoms with van der Waals surface area (Å²) in [7, 11) is 0. The fourth-order valence-corrected chi connectivity index (χ4v) is 2.07. The Morgan fingerprint density at radius 3 is 1.94 bits per heavy atom. The van der Waals surface area contributed by atoms with Crippen LogP contribution in [0.3, 0.4) is 0 Å². The molecular weight excluding hydrogens is 210 g/mol. The number of benzene rings is 2. The van der Waals surface area contributed by atoms with E-state index in [1.54, 1.807) is 12.1 Å². The fourth-order valence-electron chi connectivity index (χ4n) is 2.07. The van der Waals surface area contributed by atoms with E-state index < -0.39 is 0 Å². The molecule has 0 radical (unpaired) electrons. The molecule has 2 heteroatoms. The number of nitrogens with one attached hydrogen (secondary N) is 1. The molecule has 0 unspecified atom stereocenters. The van der Waals surface area contributed by atoms with Crippen LogP contribution in [-0.2, 0) is 0 Å². The Morgan fingerprint density at radius 2 is 1.41 bits per heavy atom. The molecular formula is C15H17NO. The molecule has 2 aromatic carbocycles. The van der Waals surface area contributed by atoms with Crippen LogP contribution in [-0.4, -0.2) is 5.11 Å². The zero-order chi connectivity index (χ0) is 12.4. The van der Waals surface area contributed by atoms with Crippen molar-refractivity contribution in [2.24, 2.45) is 0 Å². The SMILES string of the molecule is Cc1cc(C)c(Nc2ccc(O)cc2)c(C)c1. The maximum atomic E-state index is 9.24. The Hall–Kier alpha value is -1.96. The minimum atomic E-state index is 0.285. The lowest BCUT2D eigenvalue weighted by molar-refractivity contribution is 0.475. The second-order valence-corrected chi connectivity index (χ2v) is 4.45. The average molecular weight is 227 g/mol. The van der Waals surface area contributed by atoms with Gasteiger partial charge in [-0.2, -0.15) is 0 Å². The molecule has 17 heavy (non-hydrogen) atoms. The third kappa shape index (κ3) is 2.59. The Kier molecular flexibility index (Phi) is 3.05. The number of hydrogen-bond donors (Lipinski definition) is 2. The molecule has 0 saturated carbocycles. The van der Waals surface area contributed by atoms with Gasteiger partial charge in [-0.1, -0.05) is 17.7 Å². The number of aryl methyl sites for hydroxylation is 3. The molecule has 0 fully saturated rings. The van der Waals surface area contributed by atoms with Crippen molar-refractivity contribution in [2.75, 3.05) is 5.32 Å². The van der Waals surface area contributed by atoms with Gasteiger partial charge in [0.15, 0.2) is 0 Å². The van der Waals surface area contributed by atoms with Gasteiger partial charge in [0.2, 0.25) is 0 Å². The first-order chi connectivity index (χ1) is 8.06. The molecule has 0 bridgehead atoms. The molecule has 0 aromatic heterocycles. The molecule has 2 rings (SSSR count). The Balaban J connectivity index is 2.33. The van der Waals surface area contributed by atoms with Crippen LogP contribution < -0.4 is 5.32 Å². The molecule has 0 heterocycles. The predicted molar refractivity (Wildman–Crippen MR) is 72.0 cm³/mol. The highest BCUT2D eigenvalue weighted by Gasteiger charge is 2.03. The van der Waals surface area contributed by atoms with E-state index in [0.29, 0.717) is 0 Å². The summed E-state index contributed by atoms with van der Waals surface area (Å²) >= 11 is 0. The minimum Gasteiger partial charge on any atom is -0.508 e. The largest absolute Gasteiger partial charge is 0.508 e. The van der Waals surface area contributed by atoms with E-state index in [4.69, 9.17) is 0 Å². The number of phenols is 1. The van der Waals surface area contributed by atoms with Crippen molar-refractivity contribution >= 4 is 11.4 Å². The van der Waals surface area contributed by atoms with Gasteiger partial charge >= 0.3 is 0 Å². The molecule has 0 aliphatic heterocycles. The maximum Gasteiger partial charge on any atom is 0.115 e. The first-order valence-corrected chi connectivity index (χ1v) is 5.70. The van der Waals surface area contributed by atoms with Crippen molar-refractivity contribution < 1.29 is 5.11 Å². The molecule has 0 spiro atoms. The number of aromatic hydroxyl groups is 1. The second kappa shape index (κ2) is 4.50. The van der Waals surface area contributed by atoms with Crippen LogP contribution in [0.2, 0.25) is 0 Å². The number of hydrogen-bond acceptors (Lipinski definition) is 2. The quantitative estimate of drug-likeness (QED) is 0.758. The van der Waals surface area contributed by atoms with Crippen molar-refractivity contribution in [1.82, 2.24) is 0 Å². The Bertz CT molecular complexity index is 506. The van der Waals surface area contributed by atoms with Gasteiger partial charge in [-0.3, -0.25) is 0 Å². The summed E-state index contributed by atoms with van der Waals surface area (Å²) in [5.41, 5.74) is 5.86. The van der Waals surface area contributed by atoms with E-state index in [2.05, 4.69) is 38.2 Å². The van der Waals surface area contributed by atoms with E-state index in [1.807, 2.05) is 12.1 Å². The summed E-state index contributed by atoms with van der Waals surface area (Å²) in [6, 6.07) is 11.4. The van der Waals surface area contributed by atoms with E-state index in [-0.39, 0.29) is 5.75 Å². The predicted octanol–water partition coefficient (Wildman–Crippen LogP) is 4.06. The number of rotatable bonds is 2. The monoisotopic (exact) mass is 227 g/mol. The summed E-state index contributed by atoms with van der Waals surface area (Å²) in [4.78, 5) is 0. The summed E-state index contributed by atoms with van der Waals surface area (Å²) in [5.74, 6) is 0.285. The first-order valence-electron chi connectivity index (χ1n) is 5.70. The maximum absolute atomic E-state index is 9.24. The van der Waals surface area contributed by atoms with Gasteiger partial charge in [0.25, 0.3) is 0 Å². The zero-order valence-electron chi connectivity index (χ0n) is 10.4. The van der Waals surface area contributed by atoms with Crippen LogP contribution in [0.15, 0.2) is 36.4 Å². The average Bonchev–Trinajstić information content (AvgIpc) is 2.26. The lowest BCUT2D eigenvalue weighted by Crippen LogP contribution is -1.96. The highest BCUT2D eigenvalue weighted by molar-refractivity contribution is 5.67. The highest BCUT2D eigenvalue weighted by Crippen LogP contribution is 2.26. The zero-order valence-corrected chi connectivity index (χ0v) is 10.4. The van der Waals surface area contributed by atoms with Crippen LogP contribution >= 0.6 is 0 Å². The highest BCUT2D eigenvalue weighted by atomic mass is 16.3. The van der Waals surface area contributed by atoms with Crippen molar-refractivity contribution in [3.8, 4) is 5.75 Å². The van der Waals surface area contributed by atoms with Crippen LogP contribution in [0.5, 0.6) is 5.75 Å². The molecule has 0 atom stereocenters. The van der Waals surface area contributed by atoms with Gasteiger partial charge in [0, 0.05) is 11.4 Å². The van der Waals surface area contributed by atoms with Gasteiger partial charge in [-0.25, -0.2) is 0 Å². The van der Waals surface area contributed by atoms with E-state index >= 15 is 0 Å². The van der Waals surface area contributed by atoms with Gasteiger partial charge < -0.3 is 10.4 Å². The van der Waals surface area contributed by atoms with Gasteiger partial charge in [-0.15, -0.1) is 0 Å². The van der Waals surface area contributed by atoms with Crippen LogP contribution in [0.1, 0.15) is 16.7 Å². The third-order valence-corrected chi connectivity index (χ3v) is 2.81. The van der Waals surface area contributed by atoms with Gasteiger partial charge in [0.1, 0.15) is 5.75 Å². The molecule has 0 aliphatic rings. The molecule has 2 aromatic rings.